The molecular formula is C13H15FN2O2S. The summed E-state index contributed by atoms with van der Waals surface area (Å²) >= 11 is 1.98. The number of carbonyl (C=O) groups is 1. The van der Waals surface area contributed by atoms with Crippen LogP contribution in [0, 0.1) is 17.7 Å². The van der Waals surface area contributed by atoms with Crippen LogP contribution in [-0.2, 0) is 0 Å². The molecule has 2 fully saturated rings. The summed E-state index contributed by atoms with van der Waals surface area (Å²) in [7, 11) is 0. The lowest BCUT2D eigenvalue weighted by molar-refractivity contribution is 0.209. The standard InChI is InChI=1S/C13H15FN2O2S/c14-11-3-10(15-13(17)18)1-2-12(11)16-4-8-6-19-7-9(8)5-16/h1-3,8-9,15H,4-7H2,(H,17,18). The lowest BCUT2D eigenvalue weighted by Crippen LogP contribution is -2.22. The highest BCUT2D eigenvalue weighted by atomic mass is 32.2. The van der Waals surface area contributed by atoms with Crippen molar-refractivity contribution in [3.63, 3.8) is 0 Å². The monoisotopic (exact) mass is 282 g/mol. The minimum Gasteiger partial charge on any atom is -0.465 e. The van der Waals surface area contributed by atoms with Crippen molar-refractivity contribution in [2.45, 2.75) is 0 Å². The van der Waals surface area contributed by atoms with E-state index in [9.17, 15) is 9.18 Å². The molecule has 1 aromatic rings. The molecule has 1 aromatic carbocycles. The Kier molecular flexibility index (Phi) is 3.26. The second kappa shape index (κ2) is 4.92. The molecule has 2 N–H and O–H groups in total. The van der Waals surface area contributed by atoms with E-state index in [1.165, 1.54) is 17.6 Å². The van der Waals surface area contributed by atoms with Gasteiger partial charge >= 0.3 is 6.09 Å². The first-order valence-corrected chi connectivity index (χ1v) is 7.41. The molecule has 3 rings (SSSR count). The maximum atomic E-state index is 14.0. The second-order valence-corrected chi connectivity index (χ2v) is 6.13. The summed E-state index contributed by atoms with van der Waals surface area (Å²) in [6, 6.07) is 4.51. The highest BCUT2D eigenvalue weighted by Crippen LogP contribution is 2.38. The topological polar surface area (TPSA) is 52.6 Å². The van der Waals surface area contributed by atoms with E-state index in [0.717, 1.165) is 13.1 Å². The molecule has 2 aliphatic rings. The SMILES string of the molecule is O=C(O)Nc1ccc(N2CC3CSCC3C2)c(F)c1. The quantitative estimate of drug-likeness (QED) is 0.875. The molecule has 0 aromatic heterocycles. The first-order chi connectivity index (χ1) is 9.13. The fraction of sp³-hybridized carbons (Fsp3) is 0.462. The number of carboxylic acid groups (broad SMARTS) is 1. The highest BCUT2D eigenvalue weighted by Gasteiger charge is 2.37. The molecular weight excluding hydrogens is 267 g/mol. The average molecular weight is 282 g/mol. The van der Waals surface area contributed by atoms with Crippen molar-refractivity contribution in [1.29, 1.82) is 0 Å². The number of hydrogen-bond acceptors (Lipinski definition) is 3. The van der Waals surface area contributed by atoms with E-state index < -0.39 is 6.09 Å². The van der Waals surface area contributed by atoms with Gasteiger partial charge < -0.3 is 10.0 Å². The summed E-state index contributed by atoms with van der Waals surface area (Å²) in [4.78, 5) is 12.6. The van der Waals surface area contributed by atoms with Gasteiger partial charge in [0.05, 0.1) is 5.69 Å². The van der Waals surface area contributed by atoms with Crippen molar-refractivity contribution in [2.75, 3.05) is 34.8 Å². The van der Waals surface area contributed by atoms with Gasteiger partial charge in [0.2, 0.25) is 0 Å². The Morgan fingerprint density at radius 3 is 2.63 bits per heavy atom. The van der Waals surface area contributed by atoms with Crippen LogP contribution in [0.2, 0.25) is 0 Å². The van der Waals surface area contributed by atoms with Gasteiger partial charge in [-0.15, -0.1) is 0 Å². The van der Waals surface area contributed by atoms with Crippen LogP contribution >= 0.6 is 11.8 Å². The van der Waals surface area contributed by atoms with E-state index >= 15 is 0 Å². The largest absolute Gasteiger partial charge is 0.465 e. The van der Waals surface area contributed by atoms with E-state index in [1.807, 2.05) is 11.8 Å². The number of nitrogens with one attached hydrogen (secondary N) is 1. The molecule has 2 unspecified atom stereocenters. The van der Waals surface area contributed by atoms with E-state index in [-0.39, 0.29) is 11.5 Å². The van der Waals surface area contributed by atoms with Gasteiger partial charge in [0.1, 0.15) is 5.82 Å². The smallest absolute Gasteiger partial charge is 0.409 e. The van der Waals surface area contributed by atoms with Crippen LogP contribution < -0.4 is 10.2 Å². The molecule has 2 aliphatic heterocycles. The number of thioether (sulfide) groups is 1. The Bertz CT molecular complexity index is 499. The third-order valence-electron chi connectivity index (χ3n) is 3.78. The molecule has 0 spiro atoms. The van der Waals surface area contributed by atoms with Gasteiger partial charge in [-0.2, -0.15) is 11.8 Å². The van der Waals surface area contributed by atoms with Gasteiger partial charge in [0.15, 0.2) is 0 Å². The number of halogens is 1. The lowest BCUT2D eigenvalue weighted by atomic mass is 10.0. The van der Waals surface area contributed by atoms with Gasteiger partial charge in [0, 0.05) is 18.8 Å². The zero-order valence-electron chi connectivity index (χ0n) is 10.3. The third-order valence-corrected chi connectivity index (χ3v) is 5.11. The van der Waals surface area contributed by atoms with Crippen LogP contribution in [0.1, 0.15) is 0 Å². The summed E-state index contributed by atoms with van der Waals surface area (Å²) in [6.07, 6.45) is -1.18. The Balaban J connectivity index is 1.76. The Morgan fingerprint density at radius 2 is 2.05 bits per heavy atom. The van der Waals surface area contributed by atoms with Gasteiger partial charge in [-0.1, -0.05) is 0 Å². The van der Waals surface area contributed by atoms with E-state index in [0.29, 0.717) is 17.5 Å². The van der Waals surface area contributed by atoms with Crippen molar-refractivity contribution in [3.8, 4) is 0 Å². The molecule has 0 bridgehead atoms. The van der Waals surface area contributed by atoms with Gasteiger partial charge in [-0.05, 0) is 41.5 Å². The van der Waals surface area contributed by atoms with Gasteiger partial charge in [0.25, 0.3) is 0 Å². The zero-order chi connectivity index (χ0) is 13.4. The summed E-state index contributed by atoms with van der Waals surface area (Å²) in [5.41, 5.74) is 0.846. The Hall–Kier alpha value is -1.43. The third kappa shape index (κ3) is 2.49. The lowest BCUT2D eigenvalue weighted by Gasteiger charge is -2.20. The molecule has 0 radical (unpaired) electrons. The van der Waals surface area contributed by atoms with Crippen molar-refractivity contribution in [2.24, 2.45) is 11.8 Å². The number of hydrogen-bond donors (Lipinski definition) is 2. The van der Waals surface area contributed by atoms with E-state index in [2.05, 4.69) is 10.2 Å². The average Bonchev–Trinajstić information content (AvgIpc) is 2.88. The van der Waals surface area contributed by atoms with Crippen LogP contribution in [0.25, 0.3) is 0 Å². The normalized spacial score (nSPS) is 25.4. The van der Waals surface area contributed by atoms with Gasteiger partial charge in [-0.3, -0.25) is 5.32 Å². The summed E-state index contributed by atoms with van der Waals surface area (Å²) in [6.45, 7) is 1.81. The molecule has 2 atom stereocenters. The second-order valence-electron chi connectivity index (χ2n) is 5.06. The first-order valence-electron chi connectivity index (χ1n) is 6.25. The molecule has 6 heteroatoms. The predicted octanol–water partition coefficient (Wildman–Crippen LogP) is 2.71. The summed E-state index contributed by atoms with van der Waals surface area (Å²) in [5, 5.41) is 10.8. The highest BCUT2D eigenvalue weighted by molar-refractivity contribution is 7.99. The van der Waals surface area contributed by atoms with Crippen LogP contribution in [0.3, 0.4) is 0 Å². The number of amides is 1. The molecule has 1 amide bonds. The van der Waals surface area contributed by atoms with Crippen LogP contribution in [0.4, 0.5) is 20.6 Å². The molecule has 102 valence electrons. The first kappa shape index (κ1) is 12.6. The minimum atomic E-state index is -1.18. The van der Waals surface area contributed by atoms with Crippen molar-refractivity contribution >= 4 is 29.2 Å². The van der Waals surface area contributed by atoms with Gasteiger partial charge in [-0.25, -0.2) is 9.18 Å². The predicted molar refractivity (Wildman–Crippen MR) is 74.6 cm³/mol. The number of anilines is 2. The molecule has 0 aliphatic carbocycles. The summed E-state index contributed by atoms with van der Waals surface area (Å²) in [5.74, 6) is 3.31. The maximum Gasteiger partial charge on any atom is 0.409 e. The number of fused-ring (bicyclic) bond motifs is 1. The zero-order valence-corrected chi connectivity index (χ0v) is 11.1. The molecule has 2 heterocycles. The van der Waals surface area contributed by atoms with Crippen molar-refractivity contribution in [3.05, 3.63) is 24.0 Å². The van der Waals surface area contributed by atoms with Crippen LogP contribution in [-0.4, -0.2) is 35.8 Å². The molecule has 2 saturated heterocycles. The molecule has 19 heavy (non-hydrogen) atoms. The Labute approximate surface area is 115 Å². The fourth-order valence-electron chi connectivity index (χ4n) is 2.85. The summed E-state index contributed by atoms with van der Waals surface area (Å²) < 4.78 is 14.0. The number of benzene rings is 1. The fourth-order valence-corrected chi connectivity index (χ4v) is 4.35. The van der Waals surface area contributed by atoms with Crippen molar-refractivity contribution < 1.29 is 14.3 Å². The maximum absolute atomic E-state index is 14.0. The van der Waals surface area contributed by atoms with E-state index in [4.69, 9.17) is 5.11 Å². The van der Waals surface area contributed by atoms with Crippen molar-refractivity contribution in [1.82, 2.24) is 0 Å². The number of rotatable bonds is 2. The molecule has 4 nitrogen and oxygen atoms in total. The number of nitrogens with zero attached hydrogens (tertiary/aromatic N) is 1. The van der Waals surface area contributed by atoms with E-state index in [1.54, 1.807) is 12.1 Å². The Morgan fingerprint density at radius 1 is 1.37 bits per heavy atom. The molecule has 0 saturated carbocycles. The van der Waals surface area contributed by atoms with Crippen LogP contribution in [0.15, 0.2) is 18.2 Å². The van der Waals surface area contributed by atoms with Crippen LogP contribution in [0.5, 0.6) is 0 Å². The minimum absolute atomic E-state index is 0.267.